The minimum absolute atomic E-state index is 0.563. The second-order valence-corrected chi connectivity index (χ2v) is 6.31. The summed E-state index contributed by atoms with van der Waals surface area (Å²) in [5, 5.41) is 10.7. The van der Waals surface area contributed by atoms with Gasteiger partial charge in [0.05, 0.1) is 0 Å². The van der Waals surface area contributed by atoms with Crippen LogP contribution in [0.25, 0.3) is 6.08 Å². The van der Waals surface area contributed by atoms with Crippen LogP contribution >= 0.6 is 23.1 Å². The number of carboxylic acids is 1. The van der Waals surface area contributed by atoms with Crippen LogP contribution in [0.5, 0.6) is 0 Å². The molecule has 5 heteroatoms. The summed E-state index contributed by atoms with van der Waals surface area (Å²) in [6.07, 6.45) is 6.13. The van der Waals surface area contributed by atoms with Gasteiger partial charge in [-0.1, -0.05) is 6.92 Å². The molecule has 1 atom stereocenters. The van der Waals surface area contributed by atoms with E-state index < -0.39 is 5.97 Å². The molecule has 0 aliphatic heterocycles. The molecule has 1 rings (SSSR count). The van der Waals surface area contributed by atoms with Gasteiger partial charge in [-0.2, -0.15) is 11.8 Å². The monoisotopic (exact) mass is 299 g/mol. The predicted molar refractivity (Wildman–Crippen MR) is 84.9 cm³/mol. The van der Waals surface area contributed by atoms with Gasteiger partial charge in [-0.15, -0.1) is 11.3 Å². The van der Waals surface area contributed by atoms with Gasteiger partial charge in [-0.3, -0.25) is 4.90 Å². The van der Waals surface area contributed by atoms with E-state index >= 15 is 0 Å². The molecule has 0 amide bonds. The Labute approximate surface area is 123 Å². The number of aliphatic carboxylic acids is 1. The normalized spacial score (nSPS) is 13.3. The molecule has 0 aliphatic rings. The van der Waals surface area contributed by atoms with Crippen molar-refractivity contribution in [1.82, 2.24) is 4.90 Å². The van der Waals surface area contributed by atoms with Gasteiger partial charge >= 0.3 is 5.97 Å². The Kier molecular flexibility index (Phi) is 7.20. The first kappa shape index (κ1) is 16.3. The van der Waals surface area contributed by atoms with Crippen molar-refractivity contribution >= 4 is 35.1 Å². The molecule has 0 spiro atoms. The number of hydrogen-bond acceptors (Lipinski definition) is 4. The zero-order valence-corrected chi connectivity index (χ0v) is 13.3. The lowest BCUT2D eigenvalue weighted by Crippen LogP contribution is -2.32. The van der Waals surface area contributed by atoms with E-state index in [1.807, 2.05) is 23.2 Å². The zero-order valence-electron chi connectivity index (χ0n) is 11.6. The molecule has 1 aromatic rings. The first-order chi connectivity index (χ1) is 9.08. The number of nitrogens with zero attached hydrogens (tertiary/aromatic N) is 1. The van der Waals surface area contributed by atoms with E-state index in [9.17, 15) is 4.79 Å². The molecule has 19 heavy (non-hydrogen) atoms. The SMILES string of the molecule is CCC(CSC)N(C)Cc1sccc1/C=C/C(=O)O. The number of carbonyl (C=O) groups is 1. The second kappa shape index (κ2) is 8.40. The fraction of sp³-hybridized carbons (Fsp3) is 0.500. The molecule has 1 heterocycles. The fourth-order valence-electron chi connectivity index (χ4n) is 1.89. The van der Waals surface area contributed by atoms with E-state index in [2.05, 4.69) is 25.1 Å². The molecule has 0 aromatic carbocycles. The van der Waals surface area contributed by atoms with E-state index in [0.717, 1.165) is 24.3 Å². The number of carboxylic acid groups (broad SMARTS) is 1. The van der Waals surface area contributed by atoms with E-state index in [1.165, 1.54) is 11.0 Å². The highest BCUT2D eigenvalue weighted by molar-refractivity contribution is 7.98. The van der Waals surface area contributed by atoms with Gasteiger partial charge < -0.3 is 5.11 Å². The molecular formula is C14H21NO2S2. The molecule has 0 radical (unpaired) electrons. The Hall–Kier alpha value is -0.780. The number of hydrogen-bond donors (Lipinski definition) is 1. The molecule has 0 bridgehead atoms. The van der Waals surface area contributed by atoms with Gasteiger partial charge in [0, 0.05) is 29.3 Å². The predicted octanol–water partition coefficient (Wildman–Crippen LogP) is 3.42. The Balaban J connectivity index is 2.71. The van der Waals surface area contributed by atoms with E-state index in [1.54, 1.807) is 17.4 Å². The van der Waals surface area contributed by atoms with Crippen LogP contribution in [0.15, 0.2) is 17.5 Å². The summed E-state index contributed by atoms with van der Waals surface area (Å²) in [6, 6.07) is 2.54. The molecule has 0 saturated heterocycles. The quantitative estimate of drug-likeness (QED) is 0.747. The topological polar surface area (TPSA) is 40.5 Å². The standard InChI is InChI=1S/C14H21NO2S2/c1-4-12(10-18-3)15(2)9-13-11(7-8-19-13)5-6-14(16)17/h5-8,12H,4,9-10H2,1-3H3,(H,16,17)/b6-5+. The maximum absolute atomic E-state index is 10.6. The van der Waals surface area contributed by atoms with Crippen LogP contribution in [-0.4, -0.2) is 41.1 Å². The van der Waals surface area contributed by atoms with E-state index in [4.69, 9.17) is 5.11 Å². The van der Waals surface area contributed by atoms with Crippen LogP contribution in [0.4, 0.5) is 0 Å². The van der Waals surface area contributed by atoms with Gasteiger partial charge in [0.15, 0.2) is 0 Å². The largest absolute Gasteiger partial charge is 0.478 e. The minimum atomic E-state index is -0.903. The summed E-state index contributed by atoms with van der Waals surface area (Å²) < 4.78 is 0. The lowest BCUT2D eigenvalue weighted by Gasteiger charge is -2.26. The summed E-state index contributed by atoms with van der Waals surface area (Å²) in [5.74, 6) is 0.220. The van der Waals surface area contributed by atoms with Gasteiger partial charge in [0.25, 0.3) is 0 Å². The summed E-state index contributed by atoms with van der Waals surface area (Å²) in [4.78, 5) is 14.1. The highest BCUT2D eigenvalue weighted by Crippen LogP contribution is 2.22. The Morgan fingerprint density at radius 1 is 1.63 bits per heavy atom. The van der Waals surface area contributed by atoms with Gasteiger partial charge in [0.1, 0.15) is 0 Å². The maximum Gasteiger partial charge on any atom is 0.328 e. The molecule has 1 aromatic heterocycles. The molecule has 106 valence electrons. The van der Waals surface area contributed by atoms with Crippen LogP contribution in [0.3, 0.4) is 0 Å². The summed E-state index contributed by atoms with van der Waals surface area (Å²) in [7, 11) is 2.13. The third kappa shape index (κ3) is 5.38. The molecule has 0 saturated carbocycles. The lowest BCUT2D eigenvalue weighted by atomic mass is 10.2. The third-order valence-electron chi connectivity index (χ3n) is 3.03. The Bertz CT molecular complexity index is 429. The summed E-state index contributed by atoms with van der Waals surface area (Å²) in [6.45, 7) is 3.08. The first-order valence-electron chi connectivity index (χ1n) is 6.25. The smallest absolute Gasteiger partial charge is 0.328 e. The fourth-order valence-corrected chi connectivity index (χ4v) is 3.70. The average molecular weight is 299 g/mol. The molecular weight excluding hydrogens is 278 g/mol. The van der Waals surface area contributed by atoms with Crippen molar-refractivity contribution in [2.45, 2.75) is 25.9 Å². The minimum Gasteiger partial charge on any atom is -0.478 e. The zero-order chi connectivity index (χ0) is 14.3. The van der Waals surface area contributed by atoms with Crippen molar-refractivity contribution in [3.8, 4) is 0 Å². The van der Waals surface area contributed by atoms with Crippen molar-refractivity contribution in [1.29, 1.82) is 0 Å². The van der Waals surface area contributed by atoms with Gasteiger partial charge in [-0.05, 0) is 42.8 Å². The van der Waals surface area contributed by atoms with Crippen molar-refractivity contribution in [3.63, 3.8) is 0 Å². The van der Waals surface area contributed by atoms with Crippen LogP contribution in [0.2, 0.25) is 0 Å². The molecule has 1 N–H and O–H groups in total. The second-order valence-electron chi connectivity index (χ2n) is 4.40. The van der Waals surface area contributed by atoms with Crippen LogP contribution in [-0.2, 0) is 11.3 Å². The summed E-state index contributed by atoms with van der Waals surface area (Å²) >= 11 is 3.55. The molecule has 0 fully saturated rings. The first-order valence-corrected chi connectivity index (χ1v) is 8.52. The number of thioether (sulfide) groups is 1. The molecule has 1 unspecified atom stereocenters. The average Bonchev–Trinajstić information content (AvgIpc) is 2.80. The number of rotatable bonds is 8. The Morgan fingerprint density at radius 3 is 2.95 bits per heavy atom. The van der Waals surface area contributed by atoms with Crippen molar-refractivity contribution in [3.05, 3.63) is 28.0 Å². The van der Waals surface area contributed by atoms with E-state index in [0.29, 0.717) is 6.04 Å². The van der Waals surface area contributed by atoms with E-state index in [-0.39, 0.29) is 0 Å². The third-order valence-corrected chi connectivity index (χ3v) is 4.67. The van der Waals surface area contributed by atoms with Crippen LogP contribution in [0, 0.1) is 0 Å². The van der Waals surface area contributed by atoms with Crippen molar-refractivity contribution < 1.29 is 9.90 Å². The molecule has 0 aliphatic carbocycles. The van der Waals surface area contributed by atoms with Gasteiger partial charge in [0.2, 0.25) is 0 Å². The molecule has 3 nitrogen and oxygen atoms in total. The number of thiophene rings is 1. The Morgan fingerprint density at radius 2 is 2.37 bits per heavy atom. The lowest BCUT2D eigenvalue weighted by molar-refractivity contribution is -0.131. The van der Waals surface area contributed by atoms with Gasteiger partial charge in [-0.25, -0.2) is 4.79 Å². The summed E-state index contributed by atoms with van der Waals surface area (Å²) in [5.41, 5.74) is 1.01. The van der Waals surface area contributed by atoms with Crippen LogP contribution < -0.4 is 0 Å². The maximum atomic E-state index is 10.6. The van der Waals surface area contributed by atoms with Crippen molar-refractivity contribution in [2.75, 3.05) is 19.1 Å². The van der Waals surface area contributed by atoms with Crippen LogP contribution in [0.1, 0.15) is 23.8 Å². The highest BCUT2D eigenvalue weighted by Gasteiger charge is 2.14. The van der Waals surface area contributed by atoms with Crippen molar-refractivity contribution in [2.24, 2.45) is 0 Å². The highest BCUT2D eigenvalue weighted by atomic mass is 32.2.